The molecule has 0 spiro atoms. The van der Waals surface area contributed by atoms with Gasteiger partial charge in [0.25, 0.3) is 6.02 Å². The van der Waals surface area contributed by atoms with Gasteiger partial charge in [0, 0.05) is 26.9 Å². The molecular formula is C17H17ClN2O. The lowest BCUT2D eigenvalue weighted by atomic mass is 9.86. The van der Waals surface area contributed by atoms with E-state index in [9.17, 15) is 0 Å². The summed E-state index contributed by atoms with van der Waals surface area (Å²) in [4.78, 5) is 3.57. The first-order valence-corrected chi connectivity index (χ1v) is 6.41. The molecule has 0 aromatic heterocycles. The molecule has 108 valence electrons. The van der Waals surface area contributed by atoms with Crippen LogP contribution in [0.1, 0.15) is 38.6 Å². The average Bonchev–Trinajstić information content (AvgIpc) is 2.64. The van der Waals surface area contributed by atoms with Crippen LogP contribution in [0.5, 0.6) is 0 Å². The molecule has 4 heteroatoms. The zero-order valence-corrected chi connectivity index (χ0v) is 11.7. The number of halogens is 1. The molecular weight excluding hydrogens is 284 g/mol. The van der Waals surface area contributed by atoms with E-state index in [4.69, 9.17) is 30.0 Å². The van der Waals surface area contributed by atoms with E-state index in [2.05, 4.69) is 10.3 Å². The fourth-order valence-electron chi connectivity index (χ4n) is 2.18. The number of aliphatic imine (C=N–C) groups is 1. The van der Waals surface area contributed by atoms with Crippen LogP contribution in [0.15, 0.2) is 53.4 Å². The predicted octanol–water partition coefficient (Wildman–Crippen LogP) is 4.42. The second-order valence-corrected chi connectivity index (χ2v) is 4.92. The van der Waals surface area contributed by atoms with Crippen LogP contribution < -0.4 is 5.32 Å². The van der Waals surface area contributed by atoms with Gasteiger partial charge in [-0.05, 0) is 37.5 Å². The number of rotatable bonds is 2. The van der Waals surface area contributed by atoms with Crippen LogP contribution in [0, 0.1) is 0 Å². The zero-order valence-electron chi connectivity index (χ0n) is 21.0. The molecule has 0 aliphatic carbocycles. The van der Waals surface area contributed by atoms with Crippen LogP contribution in [0.3, 0.4) is 0 Å². The van der Waals surface area contributed by atoms with Crippen LogP contribution in [0.2, 0.25) is 5.02 Å². The summed E-state index contributed by atoms with van der Waals surface area (Å²) < 4.78 is 83.8. The second kappa shape index (κ2) is 5.41. The Hall–Kier alpha value is -2.00. The Bertz CT molecular complexity index is 1070. The molecule has 21 heavy (non-hydrogen) atoms. The van der Waals surface area contributed by atoms with Gasteiger partial charge >= 0.3 is 0 Å². The van der Waals surface area contributed by atoms with Crippen molar-refractivity contribution < 1.29 is 18.4 Å². The highest BCUT2D eigenvalue weighted by atomic mass is 35.5. The maximum absolute atomic E-state index is 8.33. The van der Waals surface area contributed by atoms with E-state index < -0.39 is 55.2 Å². The normalized spacial score (nSPS) is 30.5. The largest absolute Gasteiger partial charge is 0.449 e. The smallest absolute Gasteiger partial charge is 0.290 e. The van der Waals surface area contributed by atoms with Crippen molar-refractivity contribution in [2.24, 2.45) is 4.99 Å². The van der Waals surface area contributed by atoms with E-state index in [1.54, 1.807) is 0 Å². The highest BCUT2D eigenvalue weighted by molar-refractivity contribution is 6.30. The van der Waals surface area contributed by atoms with Crippen molar-refractivity contribution in [3.8, 4) is 0 Å². The van der Waals surface area contributed by atoms with Crippen molar-refractivity contribution in [2.75, 3.05) is 11.8 Å². The topological polar surface area (TPSA) is 33.6 Å². The molecule has 3 rings (SSSR count). The van der Waals surface area contributed by atoms with Gasteiger partial charge < -0.3 is 10.1 Å². The number of nitrogens with zero attached hydrogens (tertiary/aromatic N) is 1. The quantitative estimate of drug-likeness (QED) is 0.890. The zero-order chi connectivity index (χ0) is 23.5. The van der Waals surface area contributed by atoms with Crippen LogP contribution in [-0.4, -0.2) is 12.5 Å². The maximum atomic E-state index is 8.33. The molecule has 0 fully saturated rings. The number of anilines is 1. The third-order valence-corrected chi connectivity index (χ3v) is 3.41. The van der Waals surface area contributed by atoms with Gasteiger partial charge in [0.2, 0.25) is 0 Å². The predicted molar refractivity (Wildman–Crippen MR) is 87.0 cm³/mol. The molecule has 1 aliphatic heterocycles. The molecule has 2 aromatic carbocycles. The van der Waals surface area contributed by atoms with Gasteiger partial charge in [-0.1, -0.05) is 41.8 Å². The van der Waals surface area contributed by atoms with E-state index >= 15 is 0 Å². The van der Waals surface area contributed by atoms with Crippen molar-refractivity contribution in [2.45, 2.75) is 19.4 Å². The number of ether oxygens (including phenoxy) is 1. The molecule has 1 aliphatic rings. The van der Waals surface area contributed by atoms with Crippen LogP contribution in [0.4, 0.5) is 5.69 Å². The van der Waals surface area contributed by atoms with Crippen LogP contribution >= 0.6 is 11.6 Å². The monoisotopic (exact) mass is 310 g/mol. The third-order valence-electron chi connectivity index (χ3n) is 3.17. The Morgan fingerprint density at radius 2 is 2.24 bits per heavy atom. The molecule has 2 aromatic rings. The summed E-state index contributed by atoms with van der Waals surface area (Å²) in [5.41, 5.74) is -1.40. The molecule has 0 saturated carbocycles. The van der Waals surface area contributed by atoms with Gasteiger partial charge in [0.05, 0.1) is 9.60 Å². The Kier molecular flexibility index (Phi) is 1.65. The van der Waals surface area contributed by atoms with E-state index in [-0.39, 0.29) is 10.6 Å². The minimum Gasteiger partial charge on any atom is -0.449 e. The summed E-state index contributed by atoms with van der Waals surface area (Å²) >= 11 is 6.12. The molecule has 1 N–H and O–H groups in total. The molecule has 1 atom stereocenters. The summed E-state index contributed by atoms with van der Waals surface area (Å²) in [5, 5.41) is 2.96. The van der Waals surface area contributed by atoms with Gasteiger partial charge in [0.1, 0.15) is 0 Å². The van der Waals surface area contributed by atoms with Gasteiger partial charge in [-0.25, -0.2) is 4.99 Å². The summed E-state index contributed by atoms with van der Waals surface area (Å²) in [6.07, 6.45) is 0. The molecule has 1 unspecified atom stereocenters. The first-order chi connectivity index (χ1) is 14.1. The number of hydrogen-bond acceptors (Lipinski definition) is 2. The fraction of sp³-hybridized carbons (Fsp3) is 0.235. The Morgan fingerprint density at radius 3 is 3.00 bits per heavy atom. The lowest BCUT2D eigenvalue weighted by Gasteiger charge is -2.38. The highest BCUT2D eigenvalue weighted by Crippen LogP contribution is 2.41. The molecule has 0 amide bonds. The molecule has 0 radical (unpaired) electrons. The van der Waals surface area contributed by atoms with Crippen molar-refractivity contribution >= 4 is 23.3 Å². The van der Waals surface area contributed by atoms with Crippen molar-refractivity contribution in [3.63, 3.8) is 0 Å². The van der Waals surface area contributed by atoms with Gasteiger partial charge in [-0.2, -0.15) is 0 Å². The van der Waals surface area contributed by atoms with Crippen molar-refractivity contribution in [1.82, 2.24) is 0 Å². The Balaban J connectivity index is 2.33. The van der Waals surface area contributed by atoms with Crippen LogP contribution in [0.25, 0.3) is 0 Å². The molecule has 3 nitrogen and oxygen atoms in total. The first-order valence-electron chi connectivity index (χ1n) is 11.0. The third kappa shape index (κ3) is 2.49. The SMILES string of the molecule is [2H]c1c([2H])c([2H])c(C2(C)OC(=NC([2H])([2H])C([2H])([2H])[2H])Nc3ccc(Cl)cc32)c([2H])c1[2H]. The van der Waals surface area contributed by atoms with Gasteiger partial charge in [0.15, 0.2) is 5.60 Å². The second-order valence-electron chi connectivity index (χ2n) is 4.48. The number of nitrogens with one attached hydrogen (secondary N) is 1. The van der Waals surface area contributed by atoms with Crippen molar-refractivity contribution in [3.05, 3.63) is 64.6 Å². The lowest BCUT2D eigenvalue weighted by molar-refractivity contribution is 0.112. The number of benzene rings is 2. The Morgan fingerprint density at radius 1 is 1.43 bits per heavy atom. The van der Waals surface area contributed by atoms with Gasteiger partial charge in [-0.3, -0.25) is 0 Å². The van der Waals surface area contributed by atoms with E-state index in [1.807, 2.05) is 0 Å². The van der Waals surface area contributed by atoms with E-state index in [0.29, 0.717) is 11.3 Å². The first kappa shape index (κ1) is 6.41. The molecule has 0 bridgehead atoms. The molecule has 1 heterocycles. The number of fused-ring (bicyclic) bond motifs is 1. The summed E-state index contributed by atoms with van der Waals surface area (Å²) in [6.45, 7) is -4.70. The summed E-state index contributed by atoms with van der Waals surface area (Å²) in [5.74, 6) is 0. The highest BCUT2D eigenvalue weighted by Gasteiger charge is 2.38. The average molecular weight is 311 g/mol. The van der Waals surface area contributed by atoms with Crippen molar-refractivity contribution in [1.29, 1.82) is 0 Å². The minimum atomic E-state index is -3.10. The standard InChI is InChI=1S/C17H17ClN2O/c1-3-19-16-20-15-10-9-13(18)11-14(15)17(2,21-16)12-7-5-4-6-8-12/h4-11H,3H2,1-2H3,(H,19,20)/i1D3,3D2,4D,5D,6D,7D,8D. The number of amidine groups is 1. The molecule has 0 saturated heterocycles. The number of hydrogen-bond donors (Lipinski definition) is 1. The van der Waals surface area contributed by atoms with E-state index in [0.717, 1.165) is 0 Å². The maximum Gasteiger partial charge on any atom is 0.290 e. The van der Waals surface area contributed by atoms with Crippen LogP contribution in [-0.2, 0) is 10.3 Å². The fourth-order valence-corrected chi connectivity index (χ4v) is 2.36. The Labute approximate surface area is 143 Å². The minimum absolute atomic E-state index is 0.231. The lowest BCUT2D eigenvalue weighted by Crippen LogP contribution is -2.39. The summed E-state index contributed by atoms with van der Waals surface area (Å²) in [7, 11) is 0. The van der Waals surface area contributed by atoms with Gasteiger partial charge in [-0.15, -0.1) is 0 Å². The summed E-state index contributed by atoms with van der Waals surface area (Å²) in [6, 6.07) is 1.16. The van der Waals surface area contributed by atoms with E-state index in [1.165, 1.54) is 25.1 Å².